The highest BCUT2D eigenvalue weighted by Gasteiger charge is 2.04. The lowest BCUT2D eigenvalue weighted by molar-refractivity contribution is 0.600. The highest BCUT2D eigenvalue weighted by molar-refractivity contribution is 9.10. The first-order valence-electron chi connectivity index (χ1n) is 6.78. The van der Waals surface area contributed by atoms with E-state index in [1.165, 1.54) is 11.4 Å². The minimum atomic E-state index is 0.883. The van der Waals surface area contributed by atoms with Crippen LogP contribution in [0.15, 0.2) is 34.8 Å². The van der Waals surface area contributed by atoms with Gasteiger partial charge in [-0.05, 0) is 37.1 Å². The van der Waals surface area contributed by atoms with E-state index in [0.29, 0.717) is 0 Å². The summed E-state index contributed by atoms with van der Waals surface area (Å²) in [5, 5.41) is 8.04. The van der Waals surface area contributed by atoms with Crippen LogP contribution in [0.25, 0.3) is 0 Å². The summed E-state index contributed by atoms with van der Waals surface area (Å²) in [6.07, 6.45) is 2.03. The maximum absolute atomic E-state index is 4.62. The molecule has 0 unspecified atom stereocenters. The second-order valence-corrected chi connectivity index (χ2v) is 5.41. The van der Waals surface area contributed by atoms with Crippen molar-refractivity contribution < 1.29 is 0 Å². The van der Waals surface area contributed by atoms with Crippen LogP contribution in [0.4, 0.5) is 5.69 Å². The van der Waals surface area contributed by atoms with E-state index >= 15 is 0 Å². The van der Waals surface area contributed by atoms with Crippen molar-refractivity contribution in [1.29, 1.82) is 0 Å². The van der Waals surface area contributed by atoms with Gasteiger partial charge in [0.05, 0.1) is 12.2 Å². The van der Waals surface area contributed by atoms with E-state index in [2.05, 4.69) is 63.1 Å². The van der Waals surface area contributed by atoms with Crippen molar-refractivity contribution in [3.05, 3.63) is 46.2 Å². The van der Waals surface area contributed by atoms with Gasteiger partial charge in [-0.3, -0.25) is 4.68 Å². The summed E-state index contributed by atoms with van der Waals surface area (Å²) in [6, 6.07) is 10.4. The molecule has 0 saturated heterocycles. The summed E-state index contributed by atoms with van der Waals surface area (Å²) < 4.78 is 3.21. The molecule has 1 N–H and O–H groups in total. The van der Waals surface area contributed by atoms with Gasteiger partial charge in [0.1, 0.15) is 0 Å². The molecule has 0 radical (unpaired) electrons. The molecule has 1 aromatic heterocycles. The van der Waals surface area contributed by atoms with Gasteiger partial charge in [0, 0.05) is 22.4 Å². The van der Waals surface area contributed by atoms with Crippen LogP contribution in [-0.2, 0) is 19.4 Å². The fourth-order valence-electron chi connectivity index (χ4n) is 2.07. The Balaban J connectivity index is 1.93. The summed E-state index contributed by atoms with van der Waals surface area (Å²) in [6.45, 7) is 6.10. The fourth-order valence-corrected chi connectivity index (χ4v) is 2.47. The van der Waals surface area contributed by atoms with E-state index in [-0.39, 0.29) is 0 Å². The fraction of sp³-hybridized carbons (Fsp3) is 0.400. The molecule has 0 spiro atoms. The molecule has 102 valence electrons. The quantitative estimate of drug-likeness (QED) is 0.874. The molecule has 0 atom stereocenters. The third-order valence-electron chi connectivity index (χ3n) is 3.12. The highest BCUT2D eigenvalue weighted by Crippen LogP contribution is 2.15. The zero-order valence-corrected chi connectivity index (χ0v) is 13.1. The molecule has 19 heavy (non-hydrogen) atoms. The molecule has 0 aliphatic rings. The minimum absolute atomic E-state index is 0.883. The number of aryl methyl sites for hydroxylation is 2. The number of hydrogen-bond donors (Lipinski definition) is 1. The number of nitrogens with zero attached hydrogens (tertiary/aromatic N) is 2. The maximum atomic E-state index is 4.62. The number of aromatic nitrogens is 2. The predicted molar refractivity (Wildman–Crippen MR) is 83.6 cm³/mol. The molecule has 1 aromatic carbocycles. The molecule has 2 rings (SSSR count). The third-order valence-corrected chi connectivity index (χ3v) is 3.61. The van der Waals surface area contributed by atoms with Crippen molar-refractivity contribution in [2.24, 2.45) is 0 Å². The Morgan fingerprint density at radius 1 is 1.21 bits per heavy atom. The topological polar surface area (TPSA) is 29.9 Å². The summed E-state index contributed by atoms with van der Waals surface area (Å²) in [5.74, 6) is 0. The first-order chi connectivity index (χ1) is 9.22. The molecule has 0 amide bonds. The van der Waals surface area contributed by atoms with Gasteiger partial charge >= 0.3 is 0 Å². The van der Waals surface area contributed by atoms with E-state index in [1.807, 2.05) is 12.1 Å². The van der Waals surface area contributed by atoms with E-state index in [4.69, 9.17) is 0 Å². The van der Waals surface area contributed by atoms with Crippen molar-refractivity contribution in [2.45, 2.75) is 33.2 Å². The predicted octanol–water partition coefficient (Wildman–Crippen LogP) is 3.88. The second-order valence-electron chi connectivity index (χ2n) is 4.49. The molecule has 0 fully saturated rings. The summed E-state index contributed by atoms with van der Waals surface area (Å²) in [7, 11) is 0. The number of anilines is 1. The number of halogens is 1. The van der Waals surface area contributed by atoms with Gasteiger partial charge in [-0.1, -0.05) is 35.8 Å². The SMILES string of the molecule is CCc1cc(CC)n(CCNc2cccc(Br)c2)n1. The van der Waals surface area contributed by atoms with Crippen LogP contribution in [0.3, 0.4) is 0 Å². The Bertz CT molecular complexity index is 534. The van der Waals surface area contributed by atoms with Crippen LogP contribution in [0.1, 0.15) is 25.2 Å². The number of rotatable bonds is 6. The van der Waals surface area contributed by atoms with Crippen LogP contribution in [0.2, 0.25) is 0 Å². The summed E-state index contributed by atoms with van der Waals surface area (Å²) in [5.41, 5.74) is 3.63. The van der Waals surface area contributed by atoms with Crippen molar-refractivity contribution >= 4 is 21.6 Å². The normalized spacial score (nSPS) is 10.7. The second kappa shape index (κ2) is 6.75. The Morgan fingerprint density at radius 2 is 2.05 bits per heavy atom. The van der Waals surface area contributed by atoms with E-state index in [0.717, 1.165) is 36.1 Å². The first-order valence-corrected chi connectivity index (χ1v) is 7.57. The Labute approximate surface area is 123 Å². The zero-order valence-electron chi connectivity index (χ0n) is 11.5. The van der Waals surface area contributed by atoms with Crippen LogP contribution >= 0.6 is 15.9 Å². The van der Waals surface area contributed by atoms with E-state index in [1.54, 1.807) is 0 Å². The average Bonchev–Trinajstić information content (AvgIpc) is 2.81. The molecular formula is C15H20BrN3. The number of nitrogens with one attached hydrogen (secondary N) is 1. The van der Waals surface area contributed by atoms with E-state index < -0.39 is 0 Å². The van der Waals surface area contributed by atoms with E-state index in [9.17, 15) is 0 Å². The van der Waals surface area contributed by atoms with Crippen LogP contribution in [0, 0.1) is 0 Å². The Morgan fingerprint density at radius 3 is 2.74 bits per heavy atom. The molecule has 0 bridgehead atoms. The van der Waals surface area contributed by atoms with Gasteiger partial charge in [-0.2, -0.15) is 5.10 Å². The minimum Gasteiger partial charge on any atom is -0.383 e. The monoisotopic (exact) mass is 321 g/mol. The lowest BCUT2D eigenvalue weighted by Crippen LogP contribution is -2.13. The Hall–Kier alpha value is -1.29. The molecular weight excluding hydrogens is 302 g/mol. The summed E-state index contributed by atoms with van der Waals surface area (Å²) >= 11 is 3.48. The van der Waals surface area contributed by atoms with Gasteiger partial charge in [-0.15, -0.1) is 0 Å². The van der Waals surface area contributed by atoms with Gasteiger partial charge in [0.15, 0.2) is 0 Å². The number of benzene rings is 1. The van der Waals surface area contributed by atoms with Gasteiger partial charge in [-0.25, -0.2) is 0 Å². The third kappa shape index (κ3) is 3.83. The van der Waals surface area contributed by atoms with Gasteiger partial charge in [0.25, 0.3) is 0 Å². The average molecular weight is 322 g/mol. The van der Waals surface area contributed by atoms with Crippen molar-refractivity contribution in [2.75, 3.05) is 11.9 Å². The molecule has 0 saturated carbocycles. The standard InChI is InChI=1S/C15H20BrN3/c1-3-13-11-15(4-2)19(18-13)9-8-17-14-7-5-6-12(16)10-14/h5-7,10-11,17H,3-4,8-9H2,1-2H3. The van der Waals surface area contributed by atoms with Crippen LogP contribution in [-0.4, -0.2) is 16.3 Å². The molecule has 1 heterocycles. The smallest absolute Gasteiger partial charge is 0.0624 e. The number of hydrogen-bond acceptors (Lipinski definition) is 2. The molecule has 0 aliphatic carbocycles. The van der Waals surface area contributed by atoms with Crippen LogP contribution < -0.4 is 5.32 Å². The van der Waals surface area contributed by atoms with Crippen molar-refractivity contribution in [3.8, 4) is 0 Å². The van der Waals surface area contributed by atoms with Gasteiger partial charge < -0.3 is 5.32 Å². The molecule has 4 heteroatoms. The molecule has 0 aliphatic heterocycles. The van der Waals surface area contributed by atoms with Gasteiger partial charge in [0.2, 0.25) is 0 Å². The lowest BCUT2D eigenvalue weighted by atomic mass is 10.2. The molecule has 3 nitrogen and oxygen atoms in total. The Kier molecular flexibility index (Phi) is 5.02. The van der Waals surface area contributed by atoms with Crippen molar-refractivity contribution in [1.82, 2.24) is 9.78 Å². The zero-order chi connectivity index (χ0) is 13.7. The first kappa shape index (κ1) is 14.1. The van der Waals surface area contributed by atoms with Crippen LogP contribution in [0.5, 0.6) is 0 Å². The molecule has 2 aromatic rings. The summed E-state index contributed by atoms with van der Waals surface area (Å²) in [4.78, 5) is 0. The maximum Gasteiger partial charge on any atom is 0.0624 e. The highest BCUT2D eigenvalue weighted by atomic mass is 79.9. The lowest BCUT2D eigenvalue weighted by Gasteiger charge is -2.09. The largest absolute Gasteiger partial charge is 0.383 e. The van der Waals surface area contributed by atoms with Crippen molar-refractivity contribution in [3.63, 3.8) is 0 Å².